The van der Waals surface area contributed by atoms with Crippen molar-refractivity contribution in [1.82, 2.24) is 0 Å². The number of hydrogen-bond donors (Lipinski definition) is 5. The SMILES string of the molecule is COc1cc(Cc2cc(C)c(O)c(CO)c2C)c(O)c(Cc2cc(C)c(O)c(CO)c2C)c1. The van der Waals surface area contributed by atoms with Gasteiger partial charge in [-0.25, -0.2) is 0 Å². The zero-order valence-corrected chi connectivity index (χ0v) is 19.8. The Kier molecular flexibility index (Phi) is 7.20. The molecule has 0 aliphatic carbocycles. The van der Waals surface area contributed by atoms with E-state index in [2.05, 4.69) is 0 Å². The van der Waals surface area contributed by atoms with Crippen molar-refractivity contribution in [3.8, 4) is 23.0 Å². The quantitative estimate of drug-likeness (QED) is 0.367. The minimum absolute atomic E-state index is 0.0900. The number of hydrogen-bond acceptors (Lipinski definition) is 6. The van der Waals surface area contributed by atoms with Crippen molar-refractivity contribution in [3.05, 3.63) is 79.9 Å². The van der Waals surface area contributed by atoms with Crippen molar-refractivity contribution < 1.29 is 30.3 Å². The van der Waals surface area contributed by atoms with Gasteiger partial charge in [0.05, 0.1) is 20.3 Å². The smallest absolute Gasteiger partial charge is 0.124 e. The molecule has 6 heteroatoms. The zero-order chi connectivity index (χ0) is 24.4. The van der Waals surface area contributed by atoms with E-state index in [0.717, 1.165) is 22.3 Å². The van der Waals surface area contributed by atoms with Crippen LogP contribution in [0.3, 0.4) is 0 Å². The second-order valence-corrected chi connectivity index (χ2v) is 8.57. The predicted octanol–water partition coefficient (Wildman–Crippen LogP) is 4.21. The molecule has 176 valence electrons. The zero-order valence-electron chi connectivity index (χ0n) is 19.8. The van der Waals surface area contributed by atoms with Gasteiger partial charge < -0.3 is 30.3 Å². The van der Waals surface area contributed by atoms with Crippen LogP contribution in [0, 0.1) is 27.7 Å². The van der Waals surface area contributed by atoms with Crippen LogP contribution in [0.5, 0.6) is 23.0 Å². The van der Waals surface area contributed by atoms with E-state index >= 15 is 0 Å². The van der Waals surface area contributed by atoms with Gasteiger partial charge >= 0.3 is 0 Å². The van der Waals surface area contributed by atoms with Gasteiger partial charge in [0.15, 0.2) is 0 Å². The molecule has 0 heterocycles. The number of aryl methyl sites for hydroxylation is 2. The molecule has 0 unspecified atom stereocenters. The molecule has 33 heavy (non-hydrogen) atoms. The molecular weight excluding hydrogens is 420 g/mol. The molecule has 0 bridgehead atoms. The molecule has 5 N–H and O–H groups in total. The van der Waals surface area contributed by atoms with Gasteiger partial charge in [0, 0.05) is 35.1 Å². The fourth-order valence-electron chi connectivity index (χ4n) is 4.37. The van der Waals surface area contributed by atoms with Crippen LogP contribution in [0.4, 0.5) is 0 Å². The summed E-state index contributed by atoms with van der Waals surface area (Å²) < 4.78 is 5.49. The summed E-state index contributed by atoms with van der Waals surface area (Å²) in [5, 5.41) is 51.1. The number of benzene rings is 3. The Hall–Kier alpha value is -3.22. The van der Waals surface area contributed by atoms with Gasteiger partial charge in [0.25, 0.3) is 0 Å². The van der Waals surface area contributed by atoms with Crippen molar-refractivity contribution in [3.63, 3.8) is 0 Å². The molecule has 3 aromatic rings. The molecule has 3 aromatic carbocycles. The first kappa shape index (κ1) is 24.4. The van der Waals surface area contributed by atoms with E-state index < -0.39 is 0 Å². The van der Waals surface area contributed by atoms with Crippen molar-refractivity contribution in [1.29, 1.82) is 0 Å². The summed E-state index contributed by atoms with van der Waals surface area (Å²) in [6.45, 7) is 6.71. The van der Waals surface area contributed by atoms with E-state index in [9.17, 15) is 25.5 Å². The summed E-state index contributed by atoms with van der Waals surface area (Å²) in [5.74, 6) is 0.922. The van der Waals surface area contributed by atoms with Gasteiger partial charge in [0.1, 0.15) is 23.0 Å². The van der Waals surface area contributed by atoms with Gasteiger partial charge in [-0.15, -0.1) is 0 Å². The Bertz CT molecular complexity index is 1110. The first-order valence-corrected chi connectivity index (χ1v) is 10.8. The monoisotopic (exact) mass is 452 g/mol. The summed E-state index contributed by atoms with van der Waals surface area (Å²) in [6, 6.07) is 7.30. The lowest BCUT2D eigenvalue weighted by Gasteiger charge is -2.18. The number of aliphatic hydroxyl groups is 2. The van der Waals surface area contributed by atoms with Crippen LogP contribution in [0.15, 0.2) is 24.3 Å². The summed E-state index contributed by atoms with van der Waals surface area (Å²) in [4.78, 5) is 0. The van der Waals surface area contributed by atoms with Crippen LogP contribution in [-0.2, 0) is 26.1 Å². The first-order valence-electron chi connectivity index (χ1n) is 10.8. The van der Waals surface area contributed by atoms with Gasteiger partial charge in [0.2, 0.25) is 0 Å². The molecule has 6 nitrogen and oxygen atoms in total. The van der Waals surface area contributed by atoms with Crippen LogP contribution in [-0.4, -0.2) is 32.6 Å². The van der Waals surface area contributed by atoms with Gasteiger partial charge in [-0.05, 0) is 73.2 Å². The number of methoxy groups -OCH3 is 1. The highest BCUT2D eigenvalue weighted by atomic mass is 16.5. The molecule has 0 fully saturated rings. The third-order valence-corrected chi connectivity index (χ3v) is 6.52. The third-order valence-electron chi connectivity index (χ3n) is 6.52. The molecule has 0 saturated heterocycles. The maximum Gasteiger partial charge on any atom is 0.124 e. The fraction of sp³-hybridized carbons (Fsp3) is 0.333. The predicted molar refractivity (Wildman–Crippen MR) is 127 cm³/mol. The summed E-state index contributed by atoms with van der Waals surface area (Å²) in [5.41, 5.74) is 6.96. The standard InChI is InChI=1S/C27H32O6/c1-14-6-18(16(3)23(12-28)25(14)30)8-20-10-22(33-5)11-21(27(20)32)9-19-7-15(2)26(31)24(13-29)17(19)4/h6-7,10-11,28-32H,8-9,12-13H2,1-5H3. The fourth-order valence-corrected chi connectivity index (χ4v) is 4.37. The van der Waals surface area contributed by atoms with E-state index in [1.807, 2.05) is 26.0 Å². The average Bonchev–Trinajstić information content (AvgIpc) is 2.79. The molecule has 0 aliphatic heterocycles. The van der Waals surface area contributed by atoms with Crippen LogP contribution in [0.1, 0.15) is 55.6 Å². The highest BCUT2D eigenvalue weighted by Crippen LogP contribution is 2.37. The Morgan fingerprint density at radius 2 is 1.00 bits per heavy atom. The number of phenolic OH excluding ortho intramolecular Hbond substituents is 1. The number of aliphatic hydroxyl groups excluding tert-OH is 2. The summed E-state index contributed by atoms with van der Waals surface area (Å²) in [6.07, 6.45) is 0.789. The van der Waals surface area contributed by atoms with E-state index in [4.69, 9.17) is 4.74 Å². The minimum Gasteiger partial charge on any atom is -0.507 e. The van der Waals surface area contributed by atoms with Crippen LogP contribution in [0.25, 0.3) is 0 Å². The second-order valence-electron chi connectivity index (χ2n) is 8.57. The summed E-state index contributed by atoms with van der Waals surface area (Å²) in [7, 11) is 1.57. The van der Waals surface area contributed by atoms with Crippen LogP contribution >= 0.6 is 0 Å². The highest BCUT2D eigenvalue weighted by Gasteiger charge is 2.18. The van der Waals surface area contributed by atoms with E-state index in [-0.39, 0.29) is 30.5 Å². The molecule has 0 atom stereocenters. The van der Waals surface area contributed by atoms with Gasteiger partial charge in [-0.1, -0.05) is 12.1 Å². The number of ether oxygens (including phenoxy) is 1. The molecular formula is C27H32O6. The lowest BCUT2D eigenvalue weighted by Crippen LogP contribution is -2.03. The lowest BCUT2D eigenvalue weighted by atomic mass is 9.90. The van der Waals surface area contributed by atoms with E-state index in [1.165, 1.54) is 0 Å². The Morgan fingerprint density at radius 3 is 1.33 bits per heavy atom. The molecule has 0 saturated carbocycles. The van der Waals surface area contributed by atoms with Crippen LogP contribution < -0.4 is 4.74 Å². The maximum atomic E-state index is 11.2. The molecule has 0 aliphatic rings. The van der Waals surface area contributed by atoms with Crippen molar-refractivity contribution in [2.75, 3.05) is 7.11 Å². The van der Waals surface area contributed by atoms with Crippen LogP contribution in [0.2, 0.25) is 0 Å². The van der Waals surface area contributed by atoms with E-state index in [1.54, 1.807) is 33.1 Å². The van der Waals surface area contributed by atoms with Crippen molar-refractivity contribution >= 4 is 0 Å². The number of aromatic hydroxyl groups is 3. The third kappa shape index (κ3) is 4.63. The Morgan fingerprint density at radius 1 is 0.606 bits per heavy atom. The topological polar surface area (TPSA) is 110 Å². The normalized spacial score (nSPS) is 11.1. The molecule has 0 radical (unpaired) electrons. The lowest BCUT2D eigenvalue weighted by molar-refractivity contribution is 0.274. The van der Waals surface area contributed by atoms with Crippen molar-refractivity contribution in [2.24, 2.45) is 0 Å². The molecule has 0 amide bonds. The van der Waals surface area contributed by atoms with Crippen molar-refractivity contribution in [2.45, 2.75) is 53.8 Å². The number of rotatable bonds is 7. The highest BCUT2D eigenvalue weighted by molar-refractivity contribution is 5.56. The average molecular weight is 453 g/mol. The maximum absolute atomic E-state index is 11.2. The molecule has 3 rings (SSSR count). The molecule has 0 aromatic heterocycles. The minimum atomic E-state index is -0.269. The van der Waals surface area contributed by atoms with E-state index in [0.29, 0.717) is 52.0 Å². The summed E-state index contributed by atoms with van der Waals surface area (Å²) >= 11 is 0. The second kappa shape index (κ2) is 9.73. The Labute approximate surface area is 194 Å². The number of phenols is 3. The first-order chi connectivity index (χ1) is 15.6. The largest absolute Gasteiger partial charge is 0.507 e. The molecule has 0 spiro atoms. The van der Waals surface area contributed by atoms with Gasteiger partial charge in [-0.3, -0.25) is 0 Å². The van der Waals surface area contributed by atoms with Gasteiger partial charge in [-0.2, -0.15) is 0 Å². The Balaban J connectivity index is 2.09.